The number of nitrogens with zero attached hydrogens (tertiary/aromatic N) is 1. The van der Waals surface area contributed by atoms with Crippen molar-refractivity contribution in [2.45, 2.75) is 6.42 Å². The number of hydrogen-bond acceptors (Lipinski definition) is 3. The lowest BCUT2D eigenvalue weighted by molar-refractivity contribution is 0.410. The highest BCUT2D eigenvalue weighted by molar-refractivity contribution is 5.96. The van der Waals surface area contributed by atoms with Gasteiger partial charge in [0.05, 0.1) is 26.7 Å². The van der Waals surface area contributed by atoms with Gasteiger partial charge in [0.15, 0.2) is 0 Å². The quantitative estimate of drug-likeness (QED) is 0.809. The summed E-state index contributed by atoms with van der Waals surface area (Å²) in [6.45, 7) is 0. The first-order chi connectivity index (χ1) is 8.31. The first kappa shape index (κ1) is 11.3. The highest BCUT2D eigenvalue weighted by atomic mass is 16.5. The van der Waals surface area contributed by atoms with Gasteiger partial charge >= 0.3 is 0 Å². The minimum absolute atomic E-state index is 0.362. The molecule has 86 valence electrons. The molecule has 3 heteroatoms. The first-order valence-electron chi connectivity index (χ1n) is 5.31. The van der Waals surface area contributed by atoms with Crippen molar-refractivity contribution in [1.82, 2.24) is 0 Å². The van der Waals surface area contributed by atoms with Crippen molar-refractivity contribution in [2.24, 2.45) is 0 Å². The van der Waals surface area contributed by atoms with Crippen LogP contribution in [0.4, 0.5) is 0 Å². The molecule has 0 aliphatic rings. The molecule has 0 heterocycles. The van der Waals surface area contributed by atoms with Gasteiger partial charge in [-0.15, -0.1) is 0 Å². The predicted molar refractivity (Wildman–Crippen MR) is 66.4 cm³/mol. The zero-order valence-electron chi connectivity index (χ0n) is 9.86. The zero-order valence-corrected chi connectivity index (χ0v) is 9.86. The third-order valence-electron chi connectivity index (χ3n) is 2.76. The second kappa shape index (κ2) is 4.75. The topological polar surface area (TPSA) is 42.2 Å². The van der Waals surface area contributed by atoms with Crippen LogP contribution in [0.15, 0.2) is 30.3 Å². The van der Waals surface area contributed by atoms with Crippen LogP contribution in [-0.2, 0) is 6.42 Å². The highest BCUT2D eigenvalue weighted by Crippen LogP contribution is 2.35. The smallest absolute Gasteiger partial charge is 0.127 e. The molecule has 0 N–H and O–H groups in total. The summed E-state index contributed by atoms with van der Waals surface area (Å²) < 4.78 is 10.7. The van der Waals surface area contributed by atoms with Gasteiger partial charge in [-0.2, -0.15) is 5.26 Å². The Bertz CT molecular complexity index is 585. The number of rotatable bonds is 3. The van der Waals surface area contributed by atoms with E-state index in [-0.39, 0.29) is 0 Å². The van der Waals surface area contributed by atoms with Crippen LogP contribution >= 0.6 is 0 Å². The lowest BCUT2D eigenvalue weighted by atomic mass is 10.0. The van der Waals surface area contributed by atoms with E-state index in [1.807, 2.05) is 30.3 Å². The van der Waals surface area contributed by atoms with E-state index in [9.17, 15) is 0 Å². The van der Waals surface area contributed by atoms with Crippen molar-refractivity contribution in [2.75, 3.05) is 14.2 Å². The van der Waals surface area contributed by atoms with Gasteiger partial charge < -0.3 is 9.47 Å². The molecule has 0 radical (unpaired) electrons. The summed E-state index contributed by atoms with van der Waals surface area (Å²) in [4.78, 5) is 0. The molecule has 2 aromatic rings. The van der Waals surface area contributed by atoms with Gasteiger partial charge in [0.1, 0.15) is 11.5 Å². The molecule has 17 heavy (non-hydrogen) atoms. The van der Waals surface area contributed by atoms with E-state index in [0.717, 1.165) is 27.8 Å². The van der Waals surface area contributed by atoms with Crippen molar-refractivity contribution in [3.05, 3.63) is 35.9 Å². The molecule has 0 saturated heterocycles. The standard InChI is InChI=1S/C14H13NO2/c1-16-12-6-7-13(17-2)14-10(8-9-15)4-3-5-11(12)14/h3-7H,8H2,1-2H3. The molecule has 2 aromatic carbocycles. The summed E-state index contributed by atoms with van der Waals surface area (Å²) in [7, 11) is 3.27. The minimum atomic E-state index is 0.362. The molecule has 0 aliphatic carbocycles. The van der Waals surface area contributed by atoms with Crippen LogP contribution < -0.4 is 9.47 Å². The van der Waals surface area contributed by atoms with E-state index < -0.39 is 0 Å². The Morgan fingerprint density at radius 1 is 1.06 bits per heavy atom. The summed E-state index contributed by atoms with van der Waals surface area (Å²) in [5.74, 6) is 1.56. The van der Waals surface area contributed by atoms with Gasteiger partial charge in [-0.05, 0) is 17.7 Å². The fourth-order valence-corrected chi connectivity index (χ4v) is 2.00. The molecule has 0 atom stereocenters. The zero-order chi connectivity index (χ0) is 12.3. The molecule has 0 aliphatic heterocycles. The Hall–Kier alpha value is -2.21. The second-order valence-corrected chi connectivity index (χ2v) is 3.64. The van der Waals surface area contributed by atoms with Gasteiger partial charge in [0.25, 0.3) is 0 Å². The normalized spacial score (nSPS) is 9.94. The molecule has 0 aromatic heterocycles. The molecule has 0 spiro atoms. The van der Waals surface area contributed by atoms with Crippen molar-refractivity contribution < 1.29 is 9.47 Å². The van der Waals surface area contributed by atoms with Crippen molar-refractivity contribution in [3.8, 4) is 17.6 Å². The Balaban J connectivity index is 2.81. The summed E-state index contributed by atoms with van der Waals surface area (Å²) in [5, 5.41) is 10.8. The van der Waals surface area contributed by atoms with E-state index in [4.69, 9.17) is 14.7 Å². The van der Waals surface area contributed by atoms with E-state index in [0.29, 0.717) is 6.42 Å². The second-order valence-electron chi connectivity index (χ2n) is 3.64. The van der Waals surface area contributed by atoms with Crippen LogP contribution in [0.5, 0.6) is 11.5 Å². The Labute approximate surface area is 100 Å². The van der Waals surface area contributed by atoms with Gasteiger partial charge in [0, 0.05) is 10.8 Å². The van der Waals surface area contributed by atoms with Crippen LogP contribution in [-0.4, -0.2) is 14.2 Å². The van der Waals surface area contributed by atoms with Crippen LogP contribution in [0.1, 0.15) is 5.56 Å². The Morgan fingerprint density at radius 2 is 1.76 bits per heavy atom. The SMILES string of the molecule is COc1ccc(OC)c2c(CC#N)cccc12. The van der Waals surface area contributed by atoms with Gasteiger partial charge in [-0.25, -0.2) is 0 Å². The van der Waals surface area contributed by atoms with Crippen LogP contribution in [0.25, 0.3) is 10.8 Å². The highest BCUT2D eigenvalue weighted by Gasteiger charge is 2.10. The molecule has 2 rings (SSSR count). The fraction of sp³-hybridized carbons (Fsp3) is 0.214. The minimum Gasteiger partial charge on any atom is -0.496 e. The monoisotopic (exact) mass is 227 g/mol. The molecule has 0 unspecified atom stereocenters. The summed E-state index contributed by atoms with van der Waals surface area (Å²) >= 11 is 0. The lowest BCUT2D eigenvalue weighted by Crippen LogP contribution is -1.93. The summed E-state index contributed by atoms with van der Waals surface area (Å²) in [5.41, 5.74) is 0.959. The average Bonchev–Trinajstić information content (AvgIpc) is 2.38. The number of hydrogen-bond donors (Lipinski definition) is 0. The largest absolute Gasteiger partial charge is 0.496 e. The number of fused-ring (bicyclic) bond motifs is 1. The van der Waals surface area contributed by atoms with Crippen molar-refractivity contribution >= 4 is 10.8 Å². The number of benzene rings is 2. The van der Waals surface area contributed by atoms with Crippen molar-refractivity contribution in [3.63, 3.8) is 0 Å². The van der Waals surface area contributed by atoms with E-state index in [1.54, 1.807) is 14.2 Å². The van der Waals surface area contributed by atoms with Crippen LogP contribution in [0.3, 0.4) is 0 Å². The predicted octanol–water partition coefficient (Wildman–Crippen LogP) is 2.92. The van der Waals surface area contributed by atoms with Gasteiger partial charge in [0.2, 0.25) is 0 Å². The summed E-state index contributed by atoms with van der Waals surface area (Å²) in [6.07, 6.45) is 0.362. The van der Waals surface area contributed by atoms with Gasteiger partial charge in [-0.3, -0.25) is 0 Å². The lowest BCUT2D eigenvalue weighted by Gasteiger charge is -2.12. The average molecular weight is 227 g/mol. The molecule has 0 saturated carbocycles. The van der Waals surface area contributed by atoms with E-state index >= 15 is 0 Å². The molecule has 0 bridgehead atoms. The molecule has 0 amide bonds. The fourth-order valence-electron chi connectivity index (χ4n) is 2.00. The van der Waals surface area contributed by atoms with Crippen LogP contribution in [0, 0.1) is 11.3 Å². The maximum Gasteiger partial charge on any atom is 0.127 e. The number of methoxy groups -OCH3 is 2. The maximum absolute atomic E-state index is 8.85. The third kappa shape index (κ3) is 1.90. The molecular weight excluding hydrogens is 214 g/mol. The third-order valence-corrected chi connectivity index (χ3v) is 2.76. The maximum atomic E-state index is 8.85. The Morgan fingerprint density at radius 3 is 2.41 bits per heavy atom. The molecule has 3 nitrogen and oxygen atoms in total. The molecule has 0 fully saturated rings. The molecular formula is C14H13NO2. The van der Waals surface area contributed by atoms with Gasteiger partial charge in [-0.1, -0.05) is 18.2 Å². The Kier molecular flexibility index (Phi) is 3.15. The van der Waals surface area contributed by atoms with E-state index in [1.165, 1.54) is 0 Å². The summed E-state index contributed by atoms with van der Waals surface area (Å²) in [6, 6.07) is 11.7. The van der Waals surface area contributed by atoms with E-state index in [2.05, 4.69) is 6.07 Å². The number of nitriles is 1. The van der Waals surface area contributed by atoms with Crippen LogP contribution in [0.2, 0.25) is 0 Å². The first-order valence-corrected chi connectivity index (χ1v) is 5.31. The van der Waals surface area contributed by atoms with Crippen molar-refractivity contribution in [1.29, 1.82) is 5.26 Å². The number of ether oxygens (including phenoxy) is 2.